The minimum atomic E-state index is -3.52. The van der Waals surface area contributed by atoms with E-state index < -0.39 is 10.0 Å². The average Bonchev–Trinajstić information content (AvgIpc) is 3.03. The van der Waals surface area contributed by atoms with Crippen molar-refractivity contribution in [2.75, 3.05) is 7.05 Å². The first-order valence-electron chi connectivity index (χ1n) is 7.68. The number of nitrogens with one attached hydrogen (secondary N) is 1. The molecule has 0 saturated heterocycles. The lowest BCUT2D eigenvalue weighted by Crippen LogP contribution is -2.18. The maximum absolute atomic E-state index is 12.1. The molecule has 1 heterocycles. The monoisotopic (exact) mass is 375 g/mol. The Kier molecular flexibility index (Phi) is 4.94. The molecule has 3 rings (SSSR count). The summed E-state index contributed by atoms with van der Waals surface area (Å²) in [5, 5.41) is 0.684. The van der Waals surface area contributed by atoms with Crippen LogP contribution in [0.1, 0.15) is 11.1 Å². The highest BCUT2D eigenvalue weighted by molar-refractivity contribution is 7.89. The molecule has 5 nitrogen and oxygen atoms in total. The largest absolute Gasteiger partial charge is 0.340 e. The molecule has 1 aromatic heterocycles. The number of rotatable bonds is 5. The number of sulfonamides is 1. The van der Waals surface area contributed by atoms with Crippen molar-refractivity contribution in [1.82, 2.24) is 14.3 Å². The van der Waals surface area contributed by atoms with Crippen molar-refractivity contribution in [2.24, 2.45) is 7.05 Å². The number of aryl methyl sites for hydroxylation is 1. The molecular formula is C18H18ClN3O2S. The zero-order valence-electron chi connectivity index (χ0n) is 13.9. The van der Waals surface area contributed by atoms with E-state index in [0.717, 1.165) is 22.4 Å². The maximum Gasteiger partial charge on any atom is 0.240 e. The zero-order chi connectivity index (χ0) is 18.0. The van der Waals surface area contributed by atoms with Crippen LogP contribution in [0, 0.1) is 0 Å². The van der Waals surface area contributed by atoms with Crippen LogP contribution in [0.5, 0.6) is 0 Å². The Balaban J connectivity index is 2.09. The van der Waals surface area contributed by atoms with Gasteiger partial charge in [-0.1, -0.05) is 29.8 Å². The van der Waals surface area contributed by atoms with E-state index in [9.17, 15) is 8.42 Å². The first-order valence-corrected chi connectivity index (χ1v) is 9.54. The number of imidazole rings is 1. The van der Waals surface area contributed by atoms with E-state index >= 15 is 0 Å². The van der Waals surface area contributed by atoms with Crippen LogP contribution in [0.15, 0.2) is 59.9 Å². The predicted molar refractivity (Wildman–Crippen MR) is 99.1 cm³/mol. The molecule has 25 heavy (non-hydrogen) atoms. The number of nitrogens with zero attached hydrogens (tertiary/aromatic N) is 2. The van der Waals surface area contributed by atoms with Gasteiger partial charge in [-0.15, -0.1) is 0 Å². The van der Waals surface area contributed by atoms with Crippen LogP contribution in [-0.2, 0) is 23.5 Å². The summed E-state index contributed by atoms with van der Waals surface area (Å²) in [6.07, 6.45) is 4.22. The van der Waals surface area contributed by atoms with E-state index in [1.807, 2.05) is 48.1 Å². The Hall–Kier alpha value is -2.15. The first-order chi connectivity index (χ1) is 11.9. The van der Waals surface area contributed by atoms with Gasteiger partial charge in [0.25, 0.3) is 0 Å². The number of hydrogen-bond donors (Lipinski definition) is 1. The summed E-state index contributed by atoms with van der Waals surface area (Å²) in [6, 6.07) is 12.7. The number of aromatic nitrogens is 2. The lowest BCUT2D eigenvalue weighted by molar-refractivity contribution is 0.588. The summed E-state index contributed by atoms with van der Waals surface area (Å²) >= 11 is 5.95. The molecule has 0 aliphatic carbocycles. The van der Waals surface area contributed by atoms with Crippen LogP contribution >= 0.6 is 11.6 Å². The Morgan fingerprint density at radius 2 is 1.88 bits per heavy atom. The van der Waals surface area contributed by atoms with E-state index in [0.29, 0.717) is 11.4 Å². The lowest BCUT2D eigenvalue weighted by atomic mass is 9.98. The summed E-state index contributed by atoms with van der Waals surface area (Å²) in [5.41, 5.74) is 3.62. The van der Waals surface area contributed by atoms with Crippen LogP contribution < -0.4 is 4.72 Å². The van der Waals surface area contributed by atoms with Crippen LogP contribution in [0.25, 0.3) is 11.3 Å². The highest BCUT2D eigenvalue weighted by atomic mass is 35.5. The van der Waals surface area contributed by atoms with E-state index in [1.165, 1.54) is 7.05 Å². The summed E-state index contributed by atoms with van der Waals surface area (Å²) in [5.74, 6) is 0. The van der Waals surface area contributed by atoms with Crippen LogP contribution in [0.2, 0.25) is 5.02 Å². The molecule has 3 aromatic rings. The molecular weight excluding hydrogens is 358 g/mol. The summed E-state index contributed by atoms with van der Waals surface area (Å²) in [7, 11) is -0.240. The average molecular weight is 376 g/mol. The lowest BCUT2D eigenvalue weighted by Gasteiger charge is -2.11. The van der Waals surface area contributed by atoms with Crippen LogP contribution in [0.4, 0.5) is 0 Å². The van der Waals surface area contributed by atoms with Gasteiger partial charge in [0.1, 0.15) is 0 Å². The molecule has 2 aromatic carbocycles. The fraction of sp³-hybridized carbons (Fsp3) is 0.167. The Labute approximate surface area is 152 Å². The molecule has 1 N–H and O–H groups in total. The highest BCUT2D eigenvalue weighted by Crippen LogP contribution is 2.27. The van der Waals surface area contributed by atoms with Gasteiger partial charge in [-0.05, 0) is 48.9 Å². The van der Waals surface area contributed by atoms with Gasteiger partial charge < -0.3 is 4.57 Å². The number of hydrogen-bond acceptors (Lipinski definition) is 3. The SMILES string of the molecule is CNS(=O)(=O)c1ccc(Cc2ccc(Cl)cc2)c(-c2cn(C)cn2)c1. The third-order valence-electron chi connectivity index (χ3n) is 3.95. The van der Waals surface area contributed by atoms with Crippen molar-refractivity contribution in [3.63, 3.8) is 0 Å². The maximum atomic E-state index is 12.1. The zero-order valence-corrected chi connectivity index (χ0v) is 15.5. The normalized spacial score (nSPS) is 11.6. The van der Waals surface area contributed by atoms with Gasteiger partial charge in [-0.3, -0.25) is 0 Å². The second-order valence-corrected chi connectivity index (χ2v) is 8.08. The quantitative estimate of drug-likeness (QED) is 0.744. The molecule has 0 amide bonds. The highest BCUT2D eigenvalue weighted by Gasteiger charge is 2.16. The summed E-state index contributed by atoms with van der Waals surface area (Å²) in [6.45, 7) is 0. The minimum absolute atomic E-state index is 0.218. The summed E-state index contributed by atoms with van der Waals surface area (Å²) < 4.78 is 28.5. The smallest absolute Gasteiger partial charge is 0.240 e. The van der Waals surface area contributed by atoms with Crippen molar-refractivity contribution in [3.05, 3.63) is 71.1 Å². The Morgan fingerprint density at radius 3 is 2.48 bits per heavy atom. The van der Waals surface area contributed by atoms with Crippen molar-refractivity contribution in [3.8, 4) is 11.3 Å². The Bertz CT molecular complexity index is 995. The van der Waals surface area contributed by atoms with Crippen LogP contribution in [-0.4, -0.2) is 25.0 Å². The molecule has 7 heteroatoms. The van der Waals surface area contributed by atoms with Gasteiger partial charge in [0.15, 0.2) is 0 Å². The van der Waals surface area contributed by atoms with Crippen molar-refractivity contribution < 1.29 is 8.42 Å². The molecule has 0 atom stereocenters. The first kappa shape index (κ1) is 17.7. The second kappa shape index (κ2) is 7.00. The molecule has 0 aliphatic heterocycles. The van der Waals surface area contributed by atoms with Crippen LogP contribution in [0.3, 0.4) is 0 Å². The fourth-order valence-corrected chi connectivity index (χ4v) is 3.49. The predicted octanol–water partition coefficient (Wildman–Crippen LogP) is 3.24. The van der Waals surface area contributed by atoms with Crippen molar-refractivity contribution >= 4 is 21.6 Å². The third-order valence-corrected chi connectivity index (χ3v) is 5.61. The third kappa shape index (κ3) is 3.92. The van der Waals surface area contributed by atoms with Crippen molar-refractivity contribution in [2.45, 2.75) is 11.3 Å². The van der Waals surface area contributed by atoms with Gasteiger partial charge >= 0.3 is 0 Å². The van der Waals surface area contributed by atoms with Gasteiger partial charge in [0, 0.05) is 23.8 Å². The molecule has 0 fully saturated rings. The van der Waals surface area contributed by atoms with E-state index in [2.05, 4.69) is 9.71 Å². The second-order valence-electron chi connectivity index (χ2n) is 5.75. The van der Waals surface area contributed by atoms with E-state index in [1.54, 1.807) is 18.5 Å². The van der Waals surface area contributed by atoms with E-state index in [-0.39, 0.29) is 4.90 Å². The molecule has 130 valence electrons. The van der Waals surface area contributed by atoms with Gasteiger partial charge in [-0.2, -0.15) is 0 Å². The van der Waals surface area contributed by atoms with Gasteiger partial charge in [-0.25, -0.2) is 18.1 Å². The topological polar surface area (TPSA) is 64.0 Å². The van der Waals surface area contributed by atoms with Crippen molar-refractivity contribution in [1.29, 1.82) is 0 Å². The molecule has 0 aliphatic rings. The molecule has 0 saturated carbocycles. The van der Waals surface area contributed by atoms with Gasteiger partial charge in [0.2, 0.25) is 10.0 Å². The molecule has 0 radical (unpaired) electrons. The molecule has 0 bridgehead atoms. The summed E-state index contributed by atoms with van der Waals surface area (Å²) in [4.78, 5) is 4.60. The Morgan fingerprint density at radius 1 is 1.16 bits per heavy atom. The van der Waals surface area contributed by atoms with Gasteiger partial charge in [0.05, 0.1) is 16.9 Å². The molecule has 0 spiro atoms. The van der Waals surface area contributed by atoms with E-state index in [4.69, 9.17) is 11.6 Å². The number of benzene rings is 2. The number of halogens is 1. The minimum Gasteiger partial charge on any atom is -0.340 e. The fourth-order valence-electron chi connectivity index (χ4n) is 2.61. The standard InChI is InChI=1S/C18H18ClN3O2S/c1-20-25(23,24)16-8-5-14(9-13-3-6-15(19)7-4-13)17(10-16)18-11-22(2)12-21-18/h3-8,10-12,20H,9H2,1-2H3. The molecule has 0 unspecified atom stereocenters.